The lowest BCUT2D eigenvalue weighted by atomic mass is 10.1. The van der Waals surface area contributed by atoms with Crippen molar-refractivity contribution in [1.29, 1.82) is 0 Å². The number of hydrogen-bond acceptors (Lipinski definition) is 3. The van der Waals surface area contributed by atoms with Gasteiger partial charge < -0.3 is 19.1 Å². The minimum atomic E-state index is 0.357. The van der Waals surface area contributed by atoms with E-state index in [1.807, 2.05) is 0 Å². The van der Waals surface area contributed by atoms with Crippen molar-refractivity contribution < 1.29 is 4.74 Å². The summed E-state index contributed by atoms with van der Waals surface area (Å²) in [5.41, 5.74) is 1.25. The molecule has 0 N–H and O–H groups in total. The van der Waals surface area contributed by atoms with E-state index in [9.17, 15) is 0 Å². The quantitative estimate of drug-likeness (QED) is 0.811. The Morgan fingerprint density at radius 2 is 1.58 bits per heavy atom. The first-order valence-corrected chi connectivity index (χ1v) is 10.4. The highest BCUT2D eigenvalue weighted by molar-refractivity contribution is 5.86. The standard InChI is InChI=1S/C22H33N3O/c1-23-14-11-20-21(23)7-6-8-22(20)26-19-9-15-25(16-10-19)18-17-24-12-4-2-3-5-13-24/h6-8,11,14,19H,2-5,9-10,12-13,15-18H2,1H3. The molecule has 0 bridgehead atoms. The highest BCUT2D eigenvalue weighted by atomic mass is 16.5. The number of likely N-dealkylation sites (tertiary alicyclic amines) is 2. The zero-order valence-electron chi connectivity index (χ0n) is 16.2. The van der Waals surface area contributed by atoms with Crippen LogP contribution in [0.4, 0.5) is 0 Å². The summed E-state index contributed by atoms with van der Waals surface area (Å²) in [5, 5.41) is 1.23. The van der Waals surface area contributed by atoms with Gasteiger partial charge in [0.2, 0.25) is 0 Å². The van der Waals surface area contributed by atoms with Crippen LogP contribution in [0.15, 0.2) is 30.5 Å². The van der Waals surface area contributed by atoms with Gasteiger partial charge in [0, 0.05) is 44.8 Å². The Morgan fingerprint density at radius 1 is 0.885 bits per heavy atom. The van der Waals surface area contributed by atoms with E-state index < -0.39 is 0 Å². The summed E-state index contributed by atoms with van der Waals surface area (Å²) in [6.45, 7) is 7.42. The van der Waals surface area contributed by atoms with Gasteiger partial charge in [-0.25, -0.2) is 0 Å². The van der Waals surface area contributed by atoms with Crippen LogP contribution in [0.1, 0.15) is 38.5 Å². The molecule has 2 fully saturated rings. The first kappa shape index (κ1) is 17.9. The molecule has 0 spiro atoms. The normalized spacial score (nSPS) is 21.1. The van der Waals surface area contributed by atoms with Crippen molar-refractivity contribution in [3.63, 3.8) is 0 Å². The molecule has 3 heterocycles. The largest absolute Gasteiger partial charge is 0.490 e. The van der Waals surface area contributed by atoms with E-state index >= 15 is 0 Å². The zero-order chi connectivity index (χ0) is 17.8. The average Bonchev–Trinajstić information content (AvgIpc) is 2.88. The molecule has 2 aromatic rings. The molecule has 2 aliphatic heterocycles. The summed E-state index contributed by atoms with van der Waals surface area (Å²) in [7, 11) is 2.09. The lowest BCUT2D eigenvalue weighted by Gasteiger charge is -2.33. The Hall–Kier alpha value is -1.52. The van der Waals surface area contributed by atoms with Crippen molar-refractivity contribution in [3.8, 4) is 5.75 Å². The van der Waals surface area contributed by atoms with Crippen LogP contribution in [0.2, 0.25) is 0 Å². The second-order valence-electron chi connectivity index (χ2n) is 8.03. The van der Waals surface area contributed by atoms with E-state index in [0.29, 0.717) is 6.10 Å². The topological polar surface area (TPSA) is 20.6 Å². The average molecular weight is 356 g/mol. The highest BCUT2D eigenvalue weighted by Gasteiger charge is 2.22. The molecule has 2 saturated heterocycles. The molecule has 4 nitrogen and oxygen atoms in total. The Balaban J connectivity index is 1.25. The molecule has 4 rings (SSSR count). The van der Waals surface area contributed by atoms with Crippen molar-refractivity contribution in [1.82, 2.24) is 14.4 Å². The Bertz CT molecular complexity index is 694. The molecule has 2 aliphatic rings. The van der Waals surface area contributed by atoms with E-state index in [-0.39, 0.29) is 0 Å². The van der Waals surface area contributed by atoms with Gasteiger partial charge in [-0.15, -0.1) is 0 Å². The molecule has 142 valence electrons. The van der Waals surface area contributed by atoms with Crippen LogP contribution in [0, 0.1) is 0 Å². The SMILES string of the molecule is Cn1ccc2c(OC3CCN(CCN4CCCCCC4)CC3)cccc21. The number of hydrogen-bond donors (Lipinski definition) is 0. The monoisotopic (exact) mass is 355 g/mol. The predicted molar refractivity (Wildman–Crippen MR) is 108 cm³/mol. The molecule has 0 saturated carbocycles. The molecule has 0 unspecified atom stereocenters. The van der Waals surface area contributed by atoms with Crippen LogP contribution < -0.4 is 4.74 Å². The lowest BCUT2D eigenvalue weighted by Crippen LogP contribution is -2.42. The molecular formula is C22H33N3O. The van der Waals surface area contributed by atoms with Crippen LogP contribution >= 0.6 is 0 Å². The molecule has 0 amide bonds. The van der Waals surface area contributed by atoms with Crippen molar-refractivity contribution in [2.75, 3.05) is 39.3 Å². The van der Waals surface area contributed by atoms with E-state index in [1.54, 1.807) is 0 Å². The number of nitrogens with zero attached hydrogens (tertiary/aromatic N) is 3. The summed E-state index contributed by atoms with van der Waals surface area (Å²) in [6.07, 6.45) is 10.4. The van der Waals surface area contributed by atoms with E-state index in [1.165, 1.54) is 75.9 Å². The van der Waals surface area contributed by atoms with Crippen LogP contribution in [0.5, 0.6) is 5.75 Å². The van der Waals surface area contributed by atoms with Gasteiger partial charge in [-0.2, -0.15) is 0 Å². The second kappa shape index (κ2) is 8.45. The third kappa shape index (κ3) is 4.24. The number of piperidine rings is 1. The van der Waals surface area contributed by atoms with E-state index in [0.717, 1.165) is 18.6 Å². The van der Waals surface area contributed by atoms with Crippen molar-refractivity contribution >= 4 is 10.9 Å². The van der Waals surface area contributed by atoms with Crippen molar-refractivity contribution in [3.05, 3.63) is 30.5 Å². The first-order chi connectivity index (χ1) is 12.8. The Labute approximate surface area is 157 Å². The molecule has 1 aromatic heterocycles. The molecule has 0 aliphatic carbocycles. The van der Waals surface area contributed by atoms with Gasteiger partial charge in [-0.3, -0.25) is 0 Å². The second-order valence-corrected chi connectivity index (χ2v) is 8.03. The number of fused-ring (bicyclic) bond motifs is 1. The Kier molecular flexibility index (Phi) is 5.81. The lowest BCUT2D eigenvalue weighted by molar-refractivity contribution is 0.0942. The first-order valence-electron chi connectivity index (χ1n) is 10.4. The van der Waals surface area contributed by atoms with Crippen molar-refractivity contribution in [2.45, 2.75) is 44.6 Å². The number of rotatable bonds is 5. The fraction of sp³-hybridized carbons (Fsp3) is 0.636. The molecule has 1 aromatic carbocycles. The summed E-state index contributed by atoms with van der Waals surface area (Å²) in [6, 6.07) is 8.55. The van der Waals surface area contributed by atoms with Gasteiger partial charge in [-0.05, 0) is 57.0 Å². The predicted octanol–water partition coefficient (Wildman–Crippen LogP) is 3.90. The minimum Gasteiger partial charge on any atom is -0.490 e. The van der Waals surface area contributed by atoms with Gasteiger partial charge in [0.05, 0.1) is 5.52 Å². The minimum absolute atomic E-state index is 0.357. The van der Waals surface area contributed by atoms with Crippen LogP contribution in [-0.2, 0) is 7.05 Å². The highest BCUT2D eigenvalue weighted by Crippen LogP contribution is 2.28. The van der Waals surface area contributed by atoms with Gasteiger partial charge in [-0.1, -0.05) is 18.9 Å². The number of benzene rings is 1. The van der Waals surface area contributed by atoms with Crippen LogP contribution in [0.25, 0.3) is 10.9 Å². The molecule has 0 radical (unpaired) electrons. The number of aryl methyl sites for hydroxylation is 1. The summed E-state index contributed by atoms with van der Waals surface area (Å²) < 4.78 is 8.55. The fourth-order valence-corrected chi connectivity index (χ4v) is 4.45. The van der Waals surface area contributed by atoms with Gasteiger partial charge >= 0.3 is 0 Å². The van der Waals surface area contributed by atoms with Gasteiger partial charge in [0.25, 0.3) is 0 Å². The van der Waals surface area contributed by atoms with Crippen LogP contribution in [0.3, 0.4) is 0 Å². The maximum absolute atomic E-state index is 6.39. The Morgan fingerprint density at radius 3 is 2.31 bits per heavy atom. The molecular weight excluding hydrogens is 322 g/mol. The van der Waals surface area contributed by atoms with E-state index in [4.69, 9.17) is 4.74 Å². The molecule has 0 atom stereocenters. The smallest absolute Gasteiger partial charge is 0.129 e. The van der Waals surface area contributed by atoms with E-state index in [2.05, 4.69) is 51.9 Å². The maximum Gasteiger partial charge on any atom is 0.129 e. The third-order valence-corrected chi connectivity index (χ3v) is 6.15. The molecule has 4 heteroatoms. The third-order valence-electron chi connectivity index (χ3n) is 6.15. The zero-order valence-corrected chi connectivity index (χ0v) is 16.2. The maximum atomic E-state index is 6.39. The van der Waals surface area contributed by atoms with Crippen molar-refractivity contribution in [2.24, 2.45) is 7.05 Å². The number of ether oxygens (including phenoxy) is 1. The molecule has 26 heavy (non-hydrogen) atoms. The summed E-state index contributed by atoms with van der Waals surface area (Å²) in [4.78, 5) is 5.31. The summed E-state index contributed by atoms with van der Waals surface area (Å²) >= 11 is 0. The summed E-state index contributed by atoms with van der Waals surface area (Å²) in [5.74, 6) is 1.05. The van der Waals surface area contributed by atoms with Gasteiger partial charge in [0.15, 0.2) is 0 Å². The fourth-order valence-electron chi connectivity index (χ4n) is 4.45. The van der Waals surface area contributed by atoms with Crippen LogP contribution in [-0.4, -0.2) is 59.7 Å². The number of aromatic nitrogens is 1. The van der Waals surface area contributed by atoms with Gasteiger partial charge in [0.1, 0.15) is 11.9 Å².